The van der Waals surface area contributed by atoms with Crippen LogP contribution in [0.25, 0.3) is 11.1 Å². The third-order valence-electron chi connectivity index (χ3n) is 5.91. The highest BCUT2D eigenvalue weighted by atomic mass is 16.6. The predicted octanol–water partition coefficient (Wildman–Crippen LogP) is 4.66. The maximum absolute atomic E-state index is 13.2. The molecule has 4 heteroatoms. The van der Waals surface area contributed by atoms with Crippen molar-refractivity contribution < 1.29 is 14.3 Å². The van der Waals surface area contributed by atoms with Crippen molar-refractivity contribution in [3.05, 3.63) is 95.6 Å². The first-order valence-corrected chi connectivity index (χ1v) is 9.94. The molecule has 1 unspecified atom stereocenters. The van der Waals surface area contributed by atoms with Crippen LogP contribution in [0.1, 0.15) is 39.1 Å². The first-order valence-electron chi connectivity index (χ1n) is 9.94. The van der Waals surface area contributed by atoms with E-state index in [9.17, 15) is 9.59 Å². The Morgan fingerprint density at radius 3 is 2.34 bits per heavy atom. The van der Waals surface area contributed by atoms with Gasteiger partial charge >= 0.3 is 5.97 Å². The molecule has 2 heterocycles. The van der Waals surface area contributed by atoms with E-state index in [4.69, 9.17) is 4.74 Å². The molecule has 3 aromatic carbocycles. The number of benzene rings is 3. The molecule has 0 N–H and O–H groups in total. The van der Waals surface area contributed by atoms with Crippen molar-refractivity contribution >= 4 is 11.9 Å². The van der Waals surface area contributed by atoms with Crippen LogP contribution in [0, 0.1) is 0 Å². The first-order chi connectivity index (χ1) is 14.2. The van der Waals surface area contributed by atoms with Crippen molar-refractivity contribution in [3.8, 4) is 11.1 Å². The number of carbonyl (C=O) groups excluding carboxylic acids is 2. The minimum absolute atomic E-state index is 0.0240. The van der Waals surface area contributed by atoms with Gasteiger partial charge in [-0.15, -0.1) is 0 Å². The van der Waals surface area contributed by atoms with Crippen molar-refractivity contribution in [1.82, 2.24) is 4.90 Å². The molecule has 4 nitrogen and oxygen atoms in total. The molecular formula is C25H21NO3. The molecule has 1 saturated heterocycles. The summed E-state index contributed by atoms with van der Waals surface area (Å²) in [5.41, 5.74) is 3.66. The standard InChI is InChI=1S/C25H21NO3/c27-23(20-13-11-19(12-14-20)18-7-2-1-3-8-18)26-16-6-15-25(17-26)22-10-5-4-9-21(22)24(28)29-25/h1-5,7-14H,6,15-17H2. The summed E-state index contributed by atoms with van der Waals surface area (Å²) in [7, 11) is 0. The van der Waals surface area contributed by atoms with Crippen LogP contribution in [0.2, 0.25) is 0 Å². The number of amides is 1. The van der Waals surface area contributed by atoms with Gasteiger partial charge in [0.1, 0.15) is 0 Å². The lowest BCUT2D eigenvalue weighted by Gasteiger charge is -2.39. The maximum Gasteiger partial charge on any atom is 0.339 e. The highest BCUT2D eigenvalue weighted by Gasteiger charge is 2.48. The topological polar surface area (TPSA) is 46.6 Å². The molecule has 29 heavy (non-hydrogen) atoms. The second-order valence-corrected chi connectivity index (χ2v) is 7.70. The molecule has 0 bridgehead atoms. The normalized spacial score (nSPS) is 20.4. The van der Waals surface area contributed by atoms with E-state index in [0.29, 0.717) is 24.2 Å². The number of nitrogens with zero attached hydrogens (tertiary/aromatic N) is 1. The van der Waals surface area contributed by atoms with Gasteiger partial charge in [0.15, 0.2) is 5.60 Å². The fourth-order valence-corrected chi connectivity index (χ4v) is 4.46. The van der Waals surface area contributed by atoms with Gasteiger partial charge < -0.3 is 9.64 Å². The average molecular weight is 383 g/mol. The smallest absolute Gasteiger partial charge is 0.339 e. The Bertz CT molecular complexity index is 1070. The van der Waals surface area contributed by atoms with Gasteiger partial charge in [0, 0.05) is 17.7 Å². The van der Waals surface area contributed by atoms with Gasteiger partial charge in [-0.2, -0.15) is 0 Å². The Kier molecular flexibility index (Phi) is 4.20. The molecular weight excluding hydrogens is 362 g/mol. The zero-order chi connectivity index (χ0) is 19.8. The number of hydrogen-bond donors (Lipinski definition) is 0. The molecule has 3 aromatic rings. The summed E-state index contributed by atoms with van der Waals surface area (Å²) in [5.74, 6) is -0.314. The molecule has 2 aliphatic heterocycles. The van der Waals surface area contributed by atoms with Crippen LogP contribution < -0.4 is 0 Å². The van der Waals surface area contributed by atoms with Gasteiger partial charge in [-0.1, -0.05) is 60.7 Å². The zero-order valence-electron chi connectivity index (χ0n) is 16.0. The quantitative estimate of drug-likeness (QED) is 0.605. The fraction of sp³-hybridized carbons (Fsp3) is 0.200. The molecule has 144 valence electrons. The number of esters is 1. The van der Waals surface area contributed by atoms with Crippen molar-refractivity contribution in [2.24, 2.45) is 0 Å². The van der Waals surface area contributed by atoms with Crippen molar-refractivity contribution in [3.63, 3.8) is 0 Å². The third-order valence-corrected chi connectivity index (χ3v) is 5.91. The number of carbonyl (C=O) groups is 2. The Labute approximate surface area is 169 Å². The van der Waals surface area contributed by atoms with Gasteiger partial charge in [-0.05, 0) is 42.2 Å². The van der Waals surface area contributed by atoms with Crippen LogP contribution in [-0.4, -0.2) is 29.9 Å². The Hall–Kier alpha value is -3.40. The minimum atomic E-state index is -0.717. The van der Waals surface area contributed by atoms with E-state index >= 15 is 0 Å². The monoisotopic (exact) mass is 383 g/mol. The summed E-state index contributed by atoms with van der Waals surface area (Å²) in [5, 5.41) is 0. The van der Waals surface area contributed by atoms with Gasteiger partial charge in [-0.25, -0.2) is 4.79 Å². The van der Waals surface area contributed by atoms with E-state index in [0.717, 1.165) is 29.5 Å². The molecule has 1 atom stereocenters. The molecule has 0 saturated carbocycles. The summed E-state index contributed by atoms with van der Waals surface area (Å²) in [6.45, 7) is 1.07. The van der Waals surface area contributed by atoms with E-state index in [-0.39, 0.29) is 11.9 Å². The summed E-state index contributed by atoms with van der Waals surface area (Å²) >= 11 is 0. The van der Waals surface area contributed by atoms with Gasteiger partial charge in [0.05, 0.1) is 12.1 Å². The van der Waals surface area contributed by atoms with Crippen LogP contribution in [0.4, 0.5) is 0 Å². The van der Waals surface area contributed by atoms with E-state index in [1.807, 2.05) is 65.6 Å². The minimum Gasteiger partial charge on any atom is -0.449 e. The van der Waals surface area contributed by atoms with E-state index in [1.165, 1.54) is 0 Å². The molecule has 5 rings (SSSR count). The average Bonchev–Trinajstić information content (AvgIpc) is 3.05. The van der Waals surface area contributed by atoms with Crippen molar-refractivity contribution in [2.75, 3.05) is 13.1 Å². The number of hydrogen-bond acceptors (Lipinski definition) is 3. The molecule has 0 aliphatic carbocycles. The lowest BCUT2D eigenvalue weighted by Crippen LogP contribution is -2.48. The predicted molar refractivity (Wildman–Crippen MR) is 111 cm³/mol. The van der Waals surface area contributed by atoms with Crippen LogP contribution >= 0.6 is 0 Å². The highest BCUT2D eigenvalue weighted by Crippen LogP contribution is 2.43. The first kappa shape index (κ1) is 17.7. The maximum atomic E-state index is 13.2. The van der Waals surface area contributed by atoms with Crippen molar-refractivity contribution in [2.45, 2.75) is 18.4 Å². The van der Waals surface area contributed by atoms with Gasteiger partial charge in [0.25, 0.3) is 5.91 Å². The number of fused-ring (bicyclic) bond motifs is 2. The van der Waals surface area contributed by atoms with E-state index in [1.54, 1.807) is 6.07 Å². The Balaban J connectivity index is 1.39. The van der Waals surface area contributed by atoms with Gasteiger partial charge in [0.2, 0.25) is 0 Å². The van der Waals surface area contributed by atoms with Crippen LogP contribution in [0.3, 0.4) is 0 Å². The second-order valence-electron chi connectivity index (χ2n) is 7.70. The highest BCUT2D eigenvalue weighted by molar-refractivity contribution is 5.96. The number of ether oxygens (including phenoxy) is 1. The Morgan fingerprint density at radius 1 is 0.862 bits per heavy atom. The molecule has 2 aliphatic rings. The summed E-state index contributed by atoms with van der Waals surface area (Å²) < 4.78 is 5.82. The summed E-state index contributed by atoms with van der Waals surface area (Å²) in [6, 6.07) is 25.3. The SMILES string of the molecule is O=C1OC2(CCCN(C(=O)c3ccc(-c4ccccc4)cc3)C2)c2ccccc21. The lowest BCUT2D eigenvalue weighted by molar-refractivity contribution is -0.0442. The van der Waals surface area contributed by atoms with Crippen LogP contribution in [0.15, 0.2) is 78.9 Å². The summed E-state index contributed by atoms with van der Waals surface area (Å²) in [6.07, 6.45) is 1.54. The third kappa shape index (κ3) is 3.01. The molecule has 1 amide bonds. The van der Waals surface area contributed by atoms with Gasteiger partial charge in [-0.3, -0.25) is 4.79 Å². The lowest BCUT2D eigenvalue weighted by atomic mass is 9.85. The number of rotatable bonds is 2. The molecule has 0 aromatic heterocycles. The Morgan fingerprint density at radius 2 is 1.55 bits per heavy atom. The fourth-order valence-electron chi connectivity index (χ4n) is 4.46. The van der Waals surface area contributed by atoms with E-state index in [2.05, 4.69) is 12.1 Å². The molecule has 1 spiro atoms. The molecule has 1 fully saturated rings. The second kappa shape index (κ2) is 6.89. The number of likely N-dealkylation sites (tertiary alicyclic amines) is 1. The van der Waals surface area contributed by atoms with Crippen molar-refractivity contribution in [1.29, 1.82) is 0 Å². The van der Waals surface area contributed by atoms with E-state index < -0.39 is 5.60 Å². The van der Waals surface area contributed by atoms with Crippen LogP contribution in [0.5, 0.6) is 0 Å². The van der Waals surface area contributed by atoms with Crippen LogP contribution in [-0.2, 0) is 10.3 Å². The largest absolute Gasteiger partial charge is 0.449 e. The summed E-state index contributed by atoms with van der Waals surface area (Å²) in [4.78, 5) is 27.3. The molecule has 0 radical (unpaired) electrons. The zero-order valence-corrected chi connectivity index (χ0v) is 16.0. The number of piperidine rings is 1.